The summed E-state index contributed by atoms with van der Waals surface area (Å²) in [5.41, 5.74) is -0.415. The first-order chi connectivity index (χ1) is 9.88. The third-order valence-electron chi connectivity index (χ3n) is 2.72. The van der Waals surface area contributed by atoms with Crippen molar-refractivity contribution < 1.29 is 9.72 Å². The van der Waals surface area contributed by atoms with Crippen LogP contribution in [-0.2, 0) is 6.54 Å². The maximum absolute atomic E-state index is 12.1. The number of halogens is 2. The number of ketones is 1. The molecule has 1 aromatic heterocycles. The minimum absolute atomic E-state index is 0.0283. The predicted octanol–water partition coefficient (Wildman–Crippen LogP) is 3.06. The van der Waals surface area contributed by atoms with Gasteiger partial charge in [-0.2, -0.15) is 0 Å². The van der Waals surface area contributed by atoms with Crippen LogP contribution in [0, 0.1) is 10.1 Å². The van der Waals surface area contributed by atoms with Crippen molar-refractivity contribution in [2.75, 3.05) is 0 Å². The van der Waals surface area contributed by atoms with E-state index in [0.29, 0.717) is 10.6 Å². The molecule has 0 spiro atoms. The van der Waals surface area contributed by atoms with E-state index in [0.717, 1.165) is 16.8 Å². The first-order valence-electron chi connectivity index (χ1n) is 5.71. The molecular formula is C13H8BrClN2O4. The molecule has 0 radical (unpaired) electrons. The lowest BCUT2D eigenvalue weighted by Gasteiger charge is -2.06. The average Bonchev–Trinajstić information content (AvgIpc) is 2.44. The lowest BCUT2D eigenvalue weighted by Crippen LogP contribution is -2.24. The maximum atomic E-state index is 12.1. The van der Waals surface area contributed by atoms with E-state index in [1.807, 2.05) is 0 Å². The highest BCUT2D eigenvalue weighted by molar-refractivity contribution is 9.10. The number of hydrogen-bond acceptors (Lipinski definition) is 4. The van der Waals surface area contributed by atoms with Gasteiger partial charge in [-0.15, -0.1) is 0 Å². The molecule has 0 saturated heterocycles. The third kappa shape index (κ3) is 3.56. The fourth-order valence-electron chi connectivity index (χ4n) is 1.68. The molecule has 8 heteroatoms. The normalized spacial score (nSPS) is 10.4. The topological polar surface area (TPSA) is 82.2 Å². The zero-order valence-electron chi connectivity index (χ0n) is 10.5. The predicted molar refractivity (Wildman–Crippen MR) is 80.8 cm³/mol. The zero-order chi connectivity index (χ0) is 15.6. The fourth-order valence-corrected chi connectivity index (χ4v) is 2.27. The first kappa shape index (κ1) is 15.4. The van der Waals surface area contributed by atoms with Gasteiger partial charge in [0, 0.05) is 16.7 Å². The molecule has 0 atom stereocenters. The number of pyridine rings is 1. The van der Waals surface area contributed by atoms with Gasteiger partial charge in [0.1, 0.15) is 0 Å². The van der Waals surface area contributed by atoms with Crippen molar-refractivity contribution in [1.29, 1.82) is 0 Å². The van der Waals surface area contributed by atoms with Crippen LogP contribution in [0.1, 0.15) is 10.4 Å². The molecule has 0 bridgehead atoms. The largest absolute Gasteiger partial charge is 0.300 e. The molecule has 6 nitrogen and oxygen atoms in total. The lowest BCUT2D eigenvalue weighted by atomic mass is 10.1. The summed E-state index contributed by atoms with van der Waals surface area (Å²) in [6.07, 6.45) is 1.04. The van der Waals surface area contributed by atoms with Gasteiger partial charge in [-0.05, 0) is 40.2 Å². The zero-order valence-corrected chi connectivity index (χ0v) is 12.8. The molecule has 0 aliphatic rings. The van der Waals surface area contributed by atoms with Gasteiger partial charge in [0.05, 0.1) is 22.1 Å². The first-order valence-corrected chi connectivity index (χ1v) is 6.88. The smallest absolute Gasteiger partial charge is 0.286 e. The van der Waals surface area contributed by atoms with Crippen molar-refractivity contribution in [3.05, 3.63) is 72.1 Å². The molecule has 0 unspecified atom stereocenters. The van der Waals surface area contributed by atoms with Gasteiger partial charge in [-0.1, -0.05) is 11.6 Å². The standard InChI is InChI=1S/C13H8BrClN2O4/c14-11-5-10(17(20)21)6-16(13(11)19)7-12(18)8-1-3-9(15)4-2-8/h1-6H,7H2. The van der Waals surface area contributed by atoms with Crippen molar-refractivity contribution in [3.63, 3.8) is 0 Å². The van der Waals surface area contributed by atoms with E-state index >= 15 is 0 Å². The van der Waals surface area contributed by atoms with E-state index in [9.17, 15) is 19.7 Å². The Labute approximate surface area is 132 Å². The second kappa shape index (κ2) is 6.19. The third-order valence-corrected chi connectivity index (χ3v) is 3.54. The van der Waals surface area contributed by atoms with Crippen molar-refractivity contribution in [2.24, 2.45) is 0 Å². The Morgan fingerprint density at radius 2 is 1.95 bits per heavy atom. The van der Waals surface area contributed by atoms with Crippen molar-refractivity contribution >= 4 is 39.0 Å². The molecule has 1 aromatic carbocycles. The van der Waals surface area contributed by atoms with E-state index in [4.69, 9.17) is 11.6 Å². The van der Waals surface area contributed by atoms with Crippen LogP contribution in [0.25, 0.3) is 0 Å². The Balaban J connectivity index is 2.35. The SMILES string of the molecule is O=C(Cn1cc([N+](=O)[O-])cc(Br)c1=O)c1ccc(Cl)cc1. The van der Waals surface area contributed by atoms with Crippen LogP contribution in [0.2, 0.25) is 5.02 Å². The van der Waals surface area contributed by atoms with Crippen molar-refractivity contribution in [2.45, 2.75) is 6.54 Å². The number of carbonyl (C=O) groups is 1. The molecule has 2 rings (SSSR count). The molecule has 0 N–H and O–H groups in total. The van der Waals surface area contributed by atoms with Gasteiger partial charge in [0.25, 0.3) is 11.2 Å². The Morgan fingerprint density at radius 3 is 2.52 bits per heavy atom. The van der Waals surface area contributed by atoms with Crippen LogP contribution in [0.3, 0.4) is 0 Å². The molecule has 108 valence electrons. The molecule has 0 fully saturated rings. The van der Waals surface area contributed by atoms with Crippen LogP contribution >= 0.6 is 27.5 Å². The summed E-state index contributed by atoms with van der Waals surface area (Å²) < 4.78 is 1.03. The highest BCUT2D eigenvalue weighted by Gasteiger charge is 2.15. The summed E-state index contributed by atoms with van der Waals surface area (Å²) in [7, 11) is 0. The molecule has 0 amide bonds. The Kier molecular flexibility index (Phi) is 4.54. The summed E-state index contributed by atoms with van der Waals surface area (Å²) in [6.45, 7) is -0.291. The quantitative estimate of drug-likeness (QED) is 0.470. The molecule has 0 aliphatic carbocycles. The second-order valence-corrected chi connectivity index (χ2v) is 5.46. The molecule has 2 aromatic rings. The summed E-state index contributed by atoms with van der Waals surface area (Å²) >= 11 is 8.68. The number of Topliss-reactive ketones (excluding diaryl/α,β-unsaturated/α-hetero) is 1. The highest BCUT2D eigenvalue weighted by Crippen LogP contribution is 2.15. The van der Waals surface area contributed by atoms with Crippen LogP contribution in [0.5, 0.6) is 0 Å². The minimum Gasteiger partial charge on any atom is -0.300 e. The number of hydrogen-bond donors (Lipinski definition) is 0. The van der Waals surface area contributed by atoms with Crippen molar-refractivity contribution in [1.82, 2.24) is 4.57 Å². The molecule has 21 heavy (non-hydrogen) atoms. The number of benzene rings is 1. The van der Waals surface area contributed by atoms with E-state index in [2.05, 4.69) is 15.9 Å². The maximum Gasteiger partial charge on any atom is 0.286 e. The minimum atomic E-state index is -0.631. The number of aromatic nitrogens is 1. The molecule has 1 heterocycles. The lowest BCUT2D eigenvalue weighted by molar-refractivity contribution is -0.385. The summed E-state index contributed by atoms with van der Waals surface area (Å²) in [5.74, 6) is -0.346. The Bertz CT molecular complexity index is 771. The molecular weight excluding hydrogens is 364 g/mol. The van der Waals surface area contributed by atoms with Crippen LogP contribution in [-0.4, -0.2) is 15.3 Å². The average molecular weight is 372 g/mol. The van der Waals surface area contributed by atoms with Gasteiger partial charge in [0.2, 0.25) is 0 Å². The van der Waals surface area contributed by atoms with Gasteiger partial charge >= 0.3 is 0 Å². The van der Waals surface area contributed by atoms with E-state index < -0.39 is 10.5 Å². The summed E-state index contributed by atoms with van der Waals surface area (Å²) in [4.78, 5) is 34.1. The van der Waals surface area contributed by atoms with Crippen molar-refractivity contribution in [3.8, 4) is 0 Å². The van der Waals surface area contributed by atoms with Crippen LogP contribution in [0.4, 0.5) is 5.69 Å². The fraction of sp³-hybridized carbons (Fsp3) is 0.0769. The highest BCUT2D eigenvalue weighted by atomic mass is 79.9. The number of nitrogens with zero attached hydrogens (tertiary/aromatic N) is 2. The van der Waals surface area contributed by atoms with Gasteiger partial charge in [0.15, 0.2) is 5.78 Å². The monoisotopic (exact) mass is 370 g/mol. The Morgan fingerprint density at radius 1 is 1.33 bits per heavy atom. The second-order valence-electron chi connectivity index (χ2n) is 4.17. The molecule has 0 saturated carbocycles. The Hall–Kier alpha value is -1.99. The van der Waals surface area contributed by atoms with Crippen LogP contribution < -0.4 is 5.56 Å². The summed E-state index contributed by atoms with van der Waals surface area (Å²) in [6, 6.07) is 7.28. The van der Waals surface area contributed by atoms with Gasteiger partial charge < -0.3 is 0 Å². The van der Waals surface area contributed by atoms with E-state index in [-0.39, 0.29) is 22.5 Å². The van der Waals surface area contributed by atoms with Crippen LogP contribution in [0.15, 0.2) is 45.8 Å². The number of rotatable bonds is 4. The van der Waals surface area contributed by atoms with Gasteiger partial charge in [-0.3, -0.25) is 24.3 Å². The number of nitro groups is 1. The van der Waals surface area contributed by atoms with Gasteiger partial charge in [-0.25, -0.2) is 0 Å². The van der Waals surface area contributed by atoms with E-state index in [1.165, 1.54) is 12.1 Å². The molecule has 0 aliphatic heterocycles. The number of carbonyl (C=O) groups excluding carboxylic acids is 1. The summed E-state index contributed by atoms with van der Waals surface area (Å²) in [5, 5.41) is 11.3. The van der Waals surface area contributed by atoms with E-state index in [1.54, 1.807) is 12.1 Å².